The number of halogens is 1. The molecule has 6 nitrogen and oxygen atoms in total. The average Bonchev–Trinajstić information content (AvgIpc) is 3.27. The predicted molar refractivity (Wildman–Crippen MR) is 117 cm³/mol. The van der Waals surface area contributed by atoms with E-state index in [-0.39, 0.29) is 29.9 Å². The summed E-state index contributed by atoms with van der Waals surface area (Å²) < 4.78 is 5.59. The molecule has 26 heavy (non-hydrogen) atoms. The van der Waals surface area contributed by atoms with Crippen LogP contribution in [-0.4, -0.2) is 62.7 Å². The quantitative estimate of drug-likeness (QED) is 0.243. The van der Waals surface area contributed by atoms with Gasteiger partial charge in [0.25, 0.3) is 0 Å². The van der Waals surface area contributed by atoms with Gasteiger partial charge in [-0.05, 0) is 31.6 Å². The first kappa shape index (κ1) is 23.5. The van der Waals surface area contributed by atoms with Gasteiger partial charge in [0.15, 0.2) is 5.96 Å². The molecule has 7 heteroatoms. The molecular formula is C19H37IN4O2. The van der Waals surface area contributed by atoms with E-state index in [0.29, 0.717) is 17.9 Å². The minimum absolute atomic E-state index is 0. The molecule has 2 N–H and O–H groups in total. The SMILES string of the molecule is CN=C(NCCCOCC(C)C)NC1CCN(C(=O)C2CCCC2)C1.I. The summed E-state index contributed by atoms with van der Waals surface area (Å²) in [6, 6.07) is 0.300. The molecule has 1 heterocycles. The van der Waals surface area contributed by atoms with E-state index in [4.69, 9.17) is 4.74 Å². The number of carbonyl (C=O) groups excluding carboxylic acids is 1. The van der Waals surface area contributed by atoms with Crippen LogP contribution >= 0.6 is 24.0 Å². The Kier molecular flexibility index (Phi) is 11.5. The van der Waals surface area contributed by atoms with Crippen molar-refractivity contribution in [2.24, 2.45) is 16.8 Å². The molecule has 2 rings (SSSR count). The van der Waals surface area contributed by atoms with Crippen molar-refractivity contribution in [2.75, 3.05) is 39.9 Å². The van der Waals surface area contributed by atoms with Crippen molar-refractivity contribution in [3.63, 3.8) is 0 Å². The van der Waals surface area contributed by atoms with Crippen LogP contribution in [0.15, 0.2) is 4.99 Å². The van der Waals surface area contributed by atoms with Crippen LogP contribution in [0.4, 0.5) is 0 Å². The van der Waals surface area contributed by atoms with Crippen LogP contribution in [0.1, 0.15) is 52.4 Å². The van der Waals surface area contributed by atoms with Crippen LogP contribution in [0.2, 0.25) is 0 Å². The molecule has 1 aliphatic heterocycles. The topological polar surface area (TPSA) is 66.0 Å². The first-order chi connectivity index (χ1) is 12.1. The maximum absolute atomic E-state index is 12.5. The molecule has 0 bridgehead atoms. The number of carbonyl (C=O) groups is 1. The van der Waals surface area contributed by atoms with E-state index < -0.39 is 0 Å². The highest BCUT2D eigenvalue weighted by atomic mass is 127. The monoisotopic (exact) mass is 480 g/mol. The molecular weight excluding hydrogens is 443 g/mol. The van der Waals surface area contributed by atoms with Crippen LogP contribution in [0.3, 0.4) is 0 Å². The Labute approximate surface area is 175 Å². The summed E-state index contributed by atoms with van der Waals surface area (Å²) in [6.45, 7) is 8.42. The summed E-state index contributed by atoms with van der Waals surface area (Å²) in [6.07, 6.45) is 6.54. The smallest absolute Gasteiger partial charge is 0.225 e. The zero-order valence-corrected chi connectivity index (χ0v) is 19.0. The molecule has 2 aliphatic rings. The van der Waals surface area contributed by atoms with E-state index in [0.717, 1.165) is 64.5 Å². The molecule has 1 amide bonds. The molecule has 1 atom stereocenters. The van der Waals surface area contributed by atoms with Gasteiger partial charge in [-0.3, -0.25) is 9.79 Å². The molecule has 0 aromatic carbocycles. The normalized spacial score (nSPS) is 21.2. The van der Waals surface area contributed by atoms with E-state index in [9.17, 15) is 4.79 Å². The zero-order valence-electron chi connectivity index (χ0n) is 16.6. The standard InChI is InChI=1S/C19H36N4O2.HI/c1-15(2)14-25-12-6-10-21-19(20-3)22-17-9-11-23(13-17)18(24)16-7-4-5-8-16;/h15-17H,4-14H2,1-3H3,(H2,20,21,22);1H. The Balaban J connectivity index is 0.00000338. The van der Waals surface area contributed by atoms with Crippen LogP contribution in [0, 0.1) is 11.8 Å². The van der Waals surface area contributed by atoms with Gasteiger partial charge in [0.05, 0.1) is 0 Å². The predicted octanol–water partition coefficient (Wildman–Crippen LogP) is 2.62. The number of nitrogens with zero attached hydrogens (tertiary/aromatic N) is 2. The molecule has 1 unspecified atom stereocenters. The third-order valence-corrected chi connectivity index (χ3v) is 4.98. The van der Waals surface area contributed by atoms with Gasteiger partial charge < -0.3 is 20.3 Å². The first-order valence-corrected chi connectivity index (χ1v) is 9.94. The number of likely N-dealkylation sites (tertiary alicyclic amines) is 1. The summed E-state index contributed by atoms with van der Waals surface area (Å²) in [4.78, 5) is 18.8. The van der Waals surface area contributed by atoms with E-state index >= 15 is 0 Å². The van der Waals surface area contributed by atoms with Crippen molar-refractivity contribution in [1.82, 2.24) is 15.5 Å². The van der Waals surface area contributed by atoms with Crippen LogP contribution < -0.4 is 10.6 Å². The number of nitrogens with one attached hydrogen (secondary N) is 2. The summed E-state index contributed by atoms with van der Waals surface area (Å²) in [5.41, 5.74) is 0. The molecule has 1 aliphatic carbocycles. The lowest BCUT2D eigenvalue weighted by Crippen LogP contribution is -2.45. The van der Waals surface area contributed by atoms with E-state index in [1.54, 1.807) is 7.05 Å². The third kappa shape index (κ3) is 7.98. The third-order valence-electron chi connectivity index (χ3n) is 4.98. The second kappa shape index (κ2) is 12.8. The number of guanidine groups is 1. The fourth-order valence-electron chi connectivity index (χ4n) is 3.60. The zero-order chi connectivity index (χ0) is 18.1. The van der Waals surface area contributed by atoms with E-state index in [2.05, 4.69) is 29.5 Å². The van der Waals surface area contributed by atoms with Gasteiger partial charge in [0.2, 0.25) is 5.91 Å². The highest BCUT2D eigenvalue weighted by molar-refractivity contribution is 14.0. The molecule has 1 saturated heterocycles. The van der Waals surface area contributed by atoms with Crippen molar-refractivity contribution in [3.8, 4) is 0 Å². The van der Waals surface area contributed by atoms with Gasteiger partial charge in [-0.15, -0.1) is 24.0 Å². The summed E-state index contributed by atoms with van der Waals surface area (Å²) in [7, 11) is 1.79. The fraction of sp³-hybridized carbons (Fsp3) is 0.895. The van der Waals surface area contributed by atoms with Crippen molar-refractivity contribution in [1.29, 1.82) is 0 Å². The largest absolute Gasteiger partial charge is 0.381 e. The van der Waals surface area contributed by atoms with Gasteiger partial charge in [-0.1, -0.05) is 26.7 Å². The highest BCUT2D eigenvalue weighted by Gasteiger charge is 2.32. The second-order valence-corrected chi connectivity index (χ2v) is 7.72. The van der Waals surface area contributed by atoms with Gasteiger partial charge in [-0.2, -0.15) is 0 Å². The van der Waals surface area contributed by atoms with E-state index in [1.807, 2.05) is 4.90 Å². The number of hydrogen-bond acceptors (Lipinski definition) is 3. The van der Waals surface area contributed by atoms with Crippen LogP contribution in [0.25, 0.3) is 0 Å². The molecule has 0 radical (unpaired) electrons. The molecule has 2 fully saturated rings. The number of hydrogen-bond donors (Lipinski definition) is 2. The lowest BCUT2D eigenvalue weighted by Gasteiger charge is -2.21. The fourth-order valence-corrected chi connectivity index (χ4v) is 3.60. The van der Waals surface area contributed by atoms with Gasteiger partial charge in [0, 0.05) is 51.9 Å². The first-order valence-electron chi connectivity index (χ1n) is 9.94. The summed E-state index contributed by atoms with van der Waals surface area (Å²) in [5, 5.41) is 6.79. The molecule has 1 saturated carbocycles. The van der Waals surface area contributed by atoms with E-state index in [1.165, 1.54) is 12.8 Å². The van der Waals surface area contributed by atoms with Crippen molar-refractivity contribution >= 4 is 35.8 Å². The van der Waals surface area contributed by atoms with Crippen molar-refractivity contribution in [3.05, 3.63) is 0 Å². The number of amides is 1. The Hall–Kier alpha value is -0.570. The lowest BCUT2D eigenvalue weighted by molar-refractivity contribution is -0.134. The van der Waals surface area contributed by atoms with Crippen LogP contribution in [-0.2, 0) is 9.53 Å². The minimum atomic E-state index is 0. The van der Waals surface area contributed by atoms with Gasteiger partial charge in [-0.25, -0.2) is 0 Å². The molecule has 0 spiro atoms. The minimum Gasteiger partial charge on any atom is -0.381 e. The van der Waals surface area contributed by atoms with Gasteiger partial charge in [0.1, 0.15) is 0 Å². The lowest BCUT2D eigenvalue weighted by atomic mass is 10.1. The molecule has 0 aromatic heterocycles. The number of rotatable bonds is 8. The summed E-state index contributed by atoms with van der Waals surface area (Å²) in [5.74, 6) is 2.05. The van der Waals surface area contributed by atoms with Crippen molar-refractivity contribution < 1.29 is 9.53 Å². The average molecular weight is 480 g/mol. The van der Waals surface area contributed by atoms with Crippen molar-refractivity contribution in [2.45, 2.75) is 58.4 Å². The molecule has 0 aromatic rings. The Morgan fingerprint density at radius 2 is 2.00 bits per heavy atom. The maximum atomic E-state index is 12.5. The number of aliphatic imine (C=N–C) groups is 1. The maximum Gasteiger partial charge on any atom is 0.225 e. The Morgan fingerprint density at radius 1 is 1.27 bits per heavy atom. The number of ether oxygens (including phenoxy) is 1. The summed E-state index contributed by atoms with van der Waals surface area (Å²) >= 11 is 0. The molecule has 152 valence electrons. The Morgan fingerprint density at radius 3 is 2.65 bits per heavy atom. The van der Waals surface area contributed by atoms with Crippen LogP contribution in [0.5, 0.6) is 0 Å². The second-order valence-electron chi connectivity index (χ2n) is 7.72. The highest BCUT2D eigenvalue weighted by Crippen LogP contribution is 2.27. The van der Waals surface area contributed by atoms with Gasteiger partial charge >= 0.3 is 0 Å². The Bertz CT molecular complexity index is 439.